The zero-order valence-electron chi connectivity index (χ0n) is 16.6. The van der Waals surface area contributed by atoms with Crippen molar-refractivity contribution in [1.29, 1.82) is 0 Å². The number of sulfone groups is 1. The Morgan fingerprint density at radius 2 is 1.97 bits per heavy atom. The summed E-state index contributed by atoms with van der Waals surface area (Å²) in [4.78, 5) is 12.5. The number of benzene rings is 1. The van der Waals surface area contributed by atoms with Crippen molar-refractivity contribution in [2.75, 3.05) is 26.6 Å². The molecule has 0 spiro atoms. The number of nitrogens with zero attached hydrogens (tertiary/aromatic N) is 2. The molecule has 0 amide bonds. The molecule has 4 rings (SSSR count). The van der Waals surface area contributed by atoms with Crippen molar-refractivity contribution in [2.45, 2.75) is 30.1 Å². The van der Waals surface area contributed by atoms with Crippen LogP contribution in [0.1, 0.15) is 30.0 Å². The molecule has 3 heterocycles. The molecule has 1 unspecified atom stereocenters. The van der Waals surface area contributed by atoms with Crippen molar-refractivity contribution in [2.24, 2.45) is 5.92 Å². The fourth-order valence-electron chi connectivity index (χ4n) is 4.02. The Balaban J connectivity index is 1.65. The first-order valence-electron chi connectivity index (χ1n) is 9.70. The highest BCUT2D eigenvalue weighted by molar-refractivity contribution is 7.90. The fraction of sp³-hybridized carbons (Fsp3) is 0.429. The second-order valence-corrected chi connectivity index (χ2v) is 9.56. The van der Waals surface area contributed by atoms with Gasteiger partial charge in [0, 0.05) is 25.2 Å². The molecule has 29 heavy (non-hydrogen) atoms. The summed E-state index contributed by atoms with van der Waals surface area (Å²) in [7, 11) is -1.64. The lowest BCUT2D eigenvalue weighted by molar-refractivity contribution is 0.0576. The van der Waals surface area contributed by atoms with E-state index < -0.39 is 9.84 Å². The van der Waals surface area contributed by atoms with E-state index in [2.05, 4.69) is 15.0 Å². The lowest BCUT2D eigenvalue weighted by atomic mass is 9.78. The first-order chi connectivity index (χ1) is 13.9. The SMILES string of the molecule is COc1cnc2cc(CC(c3ccc(S(C)(=O)=O)cc3)C3CCOCC3)[nH]c2n1. The Kier molecular flexibility index (Phi) is 5.56. The molecule has 7 nitrogen and oxygen atoms in total. The maximum absolute atomic E-state index is 11.8. The predicted molar refractivity (Wildman–Crippen MR) is 110 cm³/mol. The Hall–Kier alpha value is -2.45. The van der Waals surface area contributed by atoms with Crippen LogP contribution in [0.25, 0.3) is 11.2 Å². The maximum Gasteiger partial charge on any atom is 0.234 e. The highest BCUT2D eigenvalue weighted by atomic mass is 32.2. The summed E-state index contributed by atoms with van der Waals surface area (Å²) >= 11 is 0. The topological polar surface area (TPSA) is 94.2 Å². The van der Waals surface area contributed by atoms with Crippen LogP contribution in [0.15, 0.2) is 41.4 Å². The molecule has 154 valence electrons. The molecule has 2 aromatic heterocycles. The third kappa shape index (κ3) is 4.43. The maximum atomic E-state index is 11.8. The molecule has 8 heteroatoms. The summed E-state index contributed by atoms with van der Waals surface area (Å²) in [5, 5.41) is 0. The van der Waals surface area contributed by atoms with Gasteiger partial charge < -0.3 is 14.5 Å². The molecule has 1 saturated heterocycles. The van der Waals surface area contributed by atoms with E-state index in [9.17, 15) is 8.42 Å². The van der Waals surface area contributed by atoms with E-state index in [1.165, 1.54) is 6.26 Å². The molecule has 1 aliphatic rings. The van der Waals surface area contributed by atoms with Gasteiger partial charge in [0.25, 0.3) is 0 Å². The normalized spacial score (nSPS) is 16.8. The predicted octanol–water partition coefficient (Wildman–Crippen LogP) is 3.12. The summed E-state index contributed by atoms with van der Waals surface area (Å²) < 4.78 is 34.3. The van der Waals surface area contributed by atoms with Gasteiger partial charge in [-0.2, -0.15) is 4.98 Å². The van der Waals surface area contributed by atoms with Gasteiger partial charge in [-0.05, 0) is 54.9 Å². The van der Waals surface area contributed by atoms with Gasteiger partial charge in [-0.1, -0.05) is 12.1 Å². The first kappa shape index (κ1) is 19.8. The highest BCUT2D eigenvalue weighted by Crippen LogP contribution is 2.35. The van der Waals surface area contributed by atoms with Gasteiger partial charge in [0.1, 0.15) is 5.52 Å². The van der Waals surface area contributed by atoms with Crippen LogP contribution < -0.4 is 4.74 Å². The number of aromatic nitrogens is 3. The molecule has 0 aliphatic carbocycles. The van der Waals surface area contributed by atoms with Crippen LogP contribution >= 0.6 is 0 Å². The number of fused-ring (bicyclic) bond motifs is 1. The minimum absolute atomic E-state index is 0.252. The van der Waals surface area contributed by atoms with Crippen LogP contribution in [-0.4, -0.2) is 49.9 Å². The van der Waals surface area contributed by atoms with E-state index in [4.69, 9.17) is 9.47 Å². The first-order valence-corrected chi connectivity index (χ1v) is 11.6. The van der Waals surface area contributed by atoms with E-state index in [1.54, 1.807) is 25.4 Å². The summed E-state index contributed by atoms with van der Waals surface area (Å²) in [5.41, 5.74) is 3.70. The number of aromatic amines is 1. The van der Waals surface area contributed by atoms with Gasteiger partial charge in [0.05, 0.1) is 18.2 Å². The average molecular weight is 416 g/mol. The largest absolute Gasteiger partial charge is 0.480 e. The minimum Gasteiger partial charge on any atom is -0.480 e. The van der Waals surface area contributed by atoms with Gasteiger partial charge >= 0.3 is 0 Å². The van der Waals surface area contributed by atoms with E-state index in [0.29, 0.717) is 22.3 Å². The number of rotatable bonds is 6. The third-order valence-electron chi connectivity index (χ3n) is 5.59. The second-order valence-electron chi connectivity index (χ2n) is 7.54. The van der Waals surface area contributed by atoms with Crippen molar-refractivity contribution >= 4 is 21.0 Å². The number of methoxy groups -OCH3 is 1. The van der Waals surface area contributed by atoms with E-state index in [1.807, 2.05) is 18.2 Å². The van der Waals surface area contributed by atoms with Crippen LogP contribution in [0.3, 0.4) is 0 Å². The van der Waals surface area contributed by atoms with Crippen LogP contribution in [0.5, 0.6) is 5.88 Å². The molecule has 1 aromatic carbocycles. The van der Waals surface area contributed by atoms with Crippen molar-refractivity contribution in [3.05, 3.63) is 47.8 Å². The molecule has 0 radical (unpaired) electrons. The van der Waals surface area contributed by atoms with E-state index in [-0.39, 0.29) is 5.92 Å². The number of hydrogen-bond donors (Lipinski definition) is 1. The van der Waals surface area contributed by atoms with Gasteiger partial charge in [-0.3, -0.25) is 0 Å². The summed E-state index contributed by atoms with van der Waals surface area (Å²) in [6.07, 6.45) is 5.62. The Morgan fingerprint density at radius 3 is 2.62 bits per heavy atom. The van der Waals surface area contributed by atoms with Gasteiger partial charge in [0.2, 0.25) is 5.88 Å². The van der Waals surface area contributed by atoms with Crippen molar-refractivity contribution in [3.8, 4) is 5.88 Å². The Labute approximate surface area is 170 Å². The number of hydrogen-bond acceptors (Lipinski definition) is 6. The lowest BCUT2D eigenvalue weighted by Gasteiger charge is -2.30. The molecular weight excluding hydrogens is 390 g/mol. The smallest absolute Gasteiger partial charge is 0.234 e. The van der Waals surface area contributed by atoms with Crippen LogP contribution in [0.2, 0.25) is 0 Å². The number of nitrogens with one attached hydrogen (secondary N) is 1. The van der Waals surface area contributed by atoms with Crippen molar-refractivity contribution in [1.82, 2.24) is 15.0 Å². The Bertz CT molecular complexity index is 1090. The second kappa shape index (κ2) is 8.12. The summed E-state index contributed by atoms with van der Waals surface area (Å²) in [5.74, 6) is 1.19. The zero-order valence-corrected chi connectivity index (χ0v) is 17.4. The Morgan fingerprint density at radius 1 is 1.24 bits per heavy atom. The zero-order chi connectivity index (χ0) is 20.4. The molecule has 0 bridgehead atoms. The summed E-state index contributed by atoms with van der Waals surface area (Å²) in [6.45, 7) is 1.52. The number of H-pyrrole nitrogens is 1. The molecule has 1 aliphatic heterocycles. The van der Waals surface area contributed by atoms with Crippen molar-refractivity contribution in [3.63, 3.8) is 0 Å². The lowest BCUT2D eigenvalue weighted by Crippen LogP contribution is -2.23. The van der Waals surface area contributed by atoms with E-state index in [0.717, 1.165) is 49.3 Å². The standard InChI is InChI=1S/C21H25N3O4S/c1-27-20-13-22-19-12-16(23-21(19)24-20)11-18(15-7-9-28-10-8-15)14-3-5-17(6-4-14)29(2,25)26/h3-6,12-13,15,18H,7-11H2,1-2H3,(H,23,24). The average Bonchev–Trinajstić information content (AvgIpc) is 3.14. The molecular formula is C21H25N3O4S. The van der Waals surface area contributed by atoms with E-state index >= 15 is 0 Å². The molecule has 1 atom stereocenters. The summed E-state index contributed by atoms with van der Waals surface area (Å²) in [6, 6.07) is 9.32. The highest BCUT2D eigenvalue weighted by Gasteiger charge is 2.27. The van der Waals surface area contributed by atoms with Gasteiger partial charge in [0.15, 0.2) is 15.5 Å². The van der Waals surface area contributed by atoms with Crippen LogP contribution in [0.4, 0.5) is 0 Å². The number of ether oxygens (including phenoxy) is 2. The van der Waals surface area contributed by atoms with Gasteiger partial charge in [-0.25, -0.2) is 13.4 Å². The fourth-order valence-corrected chi connectivity index (χ4v) is 4.65. The van der Waals surface area contributed by atoms with Gasteiger partial charge in [-0.15, -0.1) is 0 Å². The minimum atomic E-state index is -3.21. The molecule has 1 fully saturated rings. The van der Waals surface area contributed by atoms with Crippen molar-refractivity contribution < 1.29 is 17.9 Å². The monoisotopic (exact) mass is 415 g/mol. The quantitative estimate of drug-likeness (QED) is 0.665. The molecule has 1 N–H and O–H groups in total. The third-order valence-corrected chi connectivity index (χ3v) is 6.72. The van der Waals surface area contributed by atoms with Crippen LogP contribution in [0, 0.1) is 5.92 Å². The molecule has 0 saturated carbocycles. The van der Waals surface area contributed by atoms with Crippen LogP contribution in [-0.2, 0) is 21.0 Å². The molecule has 3 aromatic rings.